The Bertz CT molecular complexity index is 402. The second-order valence-electron chi connectivity index (χ2n) is 4.93. The lowest BCUT2D eigenvalue weighted by molar-refractivity contribution is 0.0246. The van der Waals surface area contributed by atoms with Crippen molar-refractivity contribution in [3.63, 3.8) is 0 Å². The fourth-order valence-electron chi connectivity index (χ4n) is 2.18. The first-order chi connectivity index (χ1) is 9.74. The number of hydrogen-bond donors (Lipinski definition) is 1. The highest BCUT2D eigenvalue weighted by Gasteiger charge is 2.32. The Balaban J connectivity index is 1.74. The summed E-state index contributed by atoms with van der Waals surface area (Å²) >= 11 is 3.80. The Morgan fingerprint density at radius 2 is 2.00 bits per heavy atom. The van der Waals surface area contributed by atoms with Gasteiger partial charge in [-0.25, -0.2) is 0 Å². The summed E-state index contributed by atoms with van der Waals surface area (Å²) in [6.45, 7) is 4.88. The normalized spacial score (nSPS) is 19.4. The number of benzene rings is 1. The number of hydrogen-bond acceptors (Lipinski definition) is 4. The first-order valence-corrected chi connectivity index (χ1v) is 8.92. The molecule has 0 unspecified atom stereocenters. The molecular formula is C16H22O2S2. The molecule has 1 aromatic carbocycles. The lowest BCUT2D eigenvalue weighted by Crippen LogP contribution is -2.30. The van der Waals surface area contributed by atoms with E-state index in [9.17, 15) is 5.11 Å². The van der Waals surface area contributed by atoms with Gasteiger partial charge in [-0.05, 0) is 23.5 Å². The van der Waals surface area contributed by atoms with E-state index in [1.165, 1.54) is 6.42 Å². The average molecular weight is 310 g/mol. The van der Waals surface area contributed by atoms with Crippen LogP contribution < -0.4 is 0 Å². The van der Waals surface area contributed by atoms with Gasteiger partial charge in [0.05, 0.1) is 23.4 Å². The topological polar surface area (TPSA) is 29.5 Å². The minimum absolute atomic E-state index is 0.0340. The summed E-state index contributed by atoms with van der Waals surface area (Å²) in [5.41, 5.74) is 1.14. The summed E-state index contributed by atoms with van der Waals surface area (Å²) in [4.78, 5) is 0. The molecule has 1 aliphatic rings. The largest absolute Gasteiger partial charge is 0.391 e. The summed E-state index contributed by atoms with van der Waals surface area (Å²) in [5, 5.41) is 10.2. The summed E-state index contributed by atoms with van der Waals surface area (Å²) < 4.78 is 5.58. The van der Waals surface area contributed by atoms with E-state index >= 15 is 0 Å². The third-order valence-corrected chi connectivity index (χ3v) is 6.57. The quantitative estimate of drug-likeness (QED) is 0.778. The standard InChI is InChI=1S/C16H22O2S2/c1-2-16(19-9-6-10-20-16)11-15(17)13-18-12-14-7-4-3-5-8-14/h2-5,7-8,15,17H,1,6,9-13H2/t15-/m0/s1. The molecule has 0 aromatic heterocycles. The van der Waals surface area contributed by atoms with Crippen molar-refractivity contribution < 1.29 is 9.84 Å². The lowest BCUT2D eigenvalue weighted by atomic mass is 10.2. The summed E-state index contributed by atoms with van der Waals surface area (Å²) in [5.74, 6) is 2.30. The van der Waals surface area contributed by atoms with E-state index in [1.807, 2.05) is 59.9 Å². The van der Waals surface area contributed by atoms with Gasteiger partial charge < -0.3 is 9.84 Å². The van der Waals surface area contributed by atoms with Crippen LogP contribution in [0, 0.1) is 0 Å². The average Bonchev–Trinajstić information content (AvgIpc) is 2.49. The summed E-state index contributed by atoms with van der Waals surface area (Å²) in [6, 6.07) is 10.0. The first kappa shape index (κ1) is 16.0. The second-order valence-corrected chi connectivity index (χ2v) is 8.03. The van der Waals surface area contributed by atoms with Crippen LogP contribution in [0.3, 0.4) is 0 Å². The third-order valence-electron chi connectivity index (χ3n) is 3.23. The molecule has 0 spiro atoms. The predicted octanol–water partition coefficient (Wildman–Crippen LogP) is 3.71. The van der Waals surface area contributed by atoms with Crippen LogP contribution in [0.2, 0.25) is 0 Å². The molecule has 2 nitrogen and oxygen atoms in total. The van der Waals surface area contributed by atoms with Gasteiger partial charge in [-0.1, -0.05) is 36.4 Å². The molecule has 0 radical (unpaired) electrons. The van der Waals surface area contributed by atoms with Gasteiger partial charge in [0.25, 0.3) is 0 Å². The fourth-order valence-corrected chi connectivity index (χ4v) is 5.32. The van der Waals surface area contributed by atoms with Crippen molar-refractivity contribution in [1.82, 2.24) is 0 Å². The smallest absolute Gasteiger partial charge is 0.0814 e. The minimum Gasteiger partial charge on any atom is -0.391 e. The molecule has 20 heavy (non-hydrogen) atoms. The van der Waals surface area contributed by atoms with E-state index < -0.39 is 6.10 Å². The van der Waals surface area contributed by atoms with Gasteiger partial charge in [0, 0.05) is 6.42 Å². The van der Waals surface area contributed by atoms with Gasteiger partial charge in [-0.2, -0.15) is 0 Å². The van der Waals surface area contributed by atoms with Crippen LogP contribution in [0.1, 0.15) is 18.4 Å². The van der Waals surface area contributed by atoms with E-state index in [-0.39, 0.29) is 4.08 Å². The number of ether oxygens (including phenoxy) is 1. The van der Waals surface area contributed by atoms with Gasteiger partial charge >= 0.3 is 0 Å². The van der Waals surface area contributed by atoms with Crippen LogP contribution in [-0.2, 0) is 11.3 Å². The zero-order valence-electron chi connectivity index (χ0n) is 11.7. The Morgan fingerprint density at radius 3 is 2.65 bits per heavy atom. The Morgan fingerprint density at radius 1 is 1.30 bits per heavy atom. The Hall–Kier alpha value is -0.420. The lowest BCUT2D eigenvalue weighted by Gasteiger charge is -2.34. The highest BCUT2D eigenvalue weighted by Crippen LogP contribution is 2.46. The van der Waals surface area contributed by atoms with Crippen molar-refractivity contribution in [2.45, 2.75) is 29.6 Å². The van der Waals surface area contributed by atoms with Crippen molar-refractivity contribution in [2.24, 2.45) is 0 Å². The SMILES string of the molecule is C=CC1(C[C@H](O)COCc2ccccc2)SCCCS1. The number of aliphatic hydroxyl groups excluding tert-OH is 1. The van der Waals surface area contributed by atoms with Crippen LogP contribution >= 0.6 is 23.5 Å². The summed E-state index contributed by atoms with van der Waals surface area (Å²) in [6.07, 6.45) is 3.50. The van der Waals surface area contributed by atoms with Crippen LogP contribution in [-0.4, -0.2) is 33.4 Å². The third kappa shape index (κ3) is 4.85. The Labute approximate surface area is 130 Å². The maximum Gasteiger partial charge on any atom is 0.0814 e. The van der Waals surface area contributed by atoms with Gasteiger partial charge in [-0.3, -0.25) is 0 Å². The van der Waals surface area contributed by atoms with Crippen molar-refractivity contribution >= 4 is 23.5 Å². The van der Waals surface area contributed by atoms with Crippen LogP contribution in [0.15, 0.2) is 43.0 Å². The van der Waals surface area contributed by atoms with Crippen molar-refractivity contribution in [3.8, 4) is 0 Å². The molecule has 1 N–H and O–H groups in total. The zero-order chi connectivity index (χ0) is 14.3. The highest BCUT2D eigenvalue weighted by atomic mass is 32.2. The molecule has 1 saturated heterocycles. The van der Waals surface area contributed by atoms with Gasteiger partial charge in [0.15, 0.2) is 0 Å². The first-order valence-electron chi connectivity index (χ1n) is 6.95. The van der Waals surface area contributed by atoms with Crippen molar-refractivity contribution in [3.05, 3.63) is 48.6 Å². The fraction of sp³-hybridized carbons (Fsp3) is 0.500. The molecule has 1 heterocycles. The maximum absolute atomic E-state index is 10.2. The second kappa shape index (κ2) is 8.13. The highest BCUT2D eigenvalue weighted by molar-refractivity contribution is 8.19. The molecule has 110 valence electrons. The van der Waals surface area contributed by atoms with E-state index in [4.69, 9.17) is 4.74 Å². The molecule has 2 rings (SSSR count). The van der Waals surface area contributed by atoms with E-state index in [0.717, 1.165) is 17.1 Å². The van der Waals surface area contributed by atoms with Gasteiger partial charge in [0.2, 0.25) is 0 Å². The van der Waals surface area contributed by atoms with E-state index in [0.29, 0.717) is 19.6 Å². The summed E-state index contributed by atoms with van der Waals surface area (Å²) in [7, 11) is 0. The molecule has 4 heteroatoms. The number of thioether (sulfide) groups is 2. The molecule has 0 saturated carbocycles. The Kier molecular flexibility index (Phi) is 6.49. The van der Waals surface area contributed by atoms with E-state index in [2.05, 4.69) is 6.58 Å². The molecule has 0 bridgehead atoms. The molecule has 1 atom stereocenters. The molecule has 1 aliphatic heterocycles. The van der Waals surface area contributed by atoms with E-state index in [1.54, 1.807) is 0 Å². The minimum atomic E-state index is -0.435. The molecular weight excluding hydrogens is 288 g/mol. The van der Waals surface area contributed by atoms with Crippen LogP contribution in [0.5, 0.6) is 0 Å². The monoisotopic (exact) mass is 310 g/mol. The van der Waals surface area contributed by atoms with Gasteiger partial charge in [-0.15, -0.1) is 30.1 Å². The van der Waals surface area contributed by atoms with Crippen molar-refractivity contribution in [2.75, 3.05) is 18.1 Å². The number of rotatable bonds is 7. The zero-order valence-corrected chi connectivity index (χ0v) is 13.3. The van der Waals surface area contributed by atoms with Crippen molar-refractivity contribution in [1.29, 1.82) is 0 Å². The maximum atomic E-state index is 10.2. The molecule has 1 fully saturated rings. The molecule has 0 amide bonds. The van der Waals surface area contributed by atoms with Gasteiger partial charge in [0.1, 0.15) is 0 Å². The molecule has 0 aliphatic carbocycles. The number of aliphatic hydroxyl groups is 1. The predicted molar refractivity (Wildman–Crippen MR) is 89.2 cm³/mol. The van der Waals surface area contributed by atoms with Crippen LogP contribution in [0.25, 0.3) is 0 Å². The molecule has 1 aromatic rings. The van der Waals surface area contributed by atoms with Crippen LogP contribution in [0.4, 0.5) is 0 Å².